The molecule has 2 heterocycles. The van der Waals surface area contributed by atoms with E-state index in [4.69, 9.17) is 4.98 Å². The fourth-order valence-corrected chi connectivity index (χ4v) is 3.75. The summed E-state index contributed by atoms with van der Waals surface area (Å²) in [5.41, 5.74) is 1.20. The Labute approximate surface area is 121 Å². The van der Waals surface area contributed by atoms with E-state index >= 15 is 0 Å². The van der Waals surface area contributed by atoms with Crippen LogP contribution in [0.1, 0.15) is 42.8 Å². The van der Waals surface area contributed by atoms with Crippen molar-refractivity contribution in [1.82, 2.24) is 15.2 Å². The molecular formula is C15H27N3S. The number of hydrogen-bond donors (Lipinski definition) is 1. The molecule has 3 nitrogen and oxygen atoms in total. The molecule has 2 rings (SSSR count). The third-order valence-electron chi connectivity index (χ3n) is 4.21. The number of hydrogen-bond acceptors (Lipinski definition) is 4. The van der Waals surface area contributed by atoms with Gasteiger partial charge in [-0.3, -0.25) is 4.90 Å². The Bertz CT molecular complexity index is 394. The molecule has 0 amide bonds. The number of nitrogens with zero attached hydrogens (tertiary/aromatic N) is 2. The molecule has 0 radical (unpaired) electrons. The Kier molecular flexibility index (Phi) is 4.98. The van der Waals surface area contributed by atoms with Gasteiger partial charge in [0, 0.05) is 30.1 Å². The Morgan fingerprint density at radius 3 is 2.68 bits per heavy atom. The van der Waals surface area contributed by atoms with Crippen LogP contribution in [0.3, 0.4) is 0 Å². The van der Waals surface area contributed by atoms with E-state index < -0.39 is 0 Å². The third-order valence-corrected chi connectivity index (χ3v) is 5.27. The molecule has 2 atom stereocenters. The molecule has 4 heteroatoms. The summed E-state index contributed by atoms with van der Waals surface area (Å²) in [5, 5.41) is 4.95. The molecular weight excluding hydrogens is 254 g/mol. The Balaban J connectivity index is 2.08. The largest absolute Gasteiger partial charge is 0.311 e. The summed E-state index contributed by atoms with van der Waals surface area (Å²) in [6.07, 6.45) is 1.21. The van der Waals surface area contributed by atoms with E-state index in [1.54, 1.807) is 0 Å². The van der Waals surface area contributed by atoms with Crippen molar-refractivity contribution < 1.29 is 0 Å². The van der Waals surface area contributed by atoms with Gasteiger partial charge in [0.1, 0.15) is 5.01 Å². The second-order valence-corrected chi connectivity index (χ2v) is 7.29. The normalized spacial score (nSPS) is 25.2. The Hall–Kier alpha value is -0.450. The summed E-state index contributed by atoms with van der Waals surface area (Å²) < 4.78 is 0. The summed E-state index contributed by atoms with van der Waals surface area (Å²) in [6, 6.07) is 1.27. The van der Waals surface area contributed by atoms with Crippen LogP contribution in [0.2, 0.25) is 0 Å². The lowest BCUT2D eigenvalue weighted by Crippen LogP contribution is -2.57. The fraction of sp³-hybridized carbons (Fsp3) is 0.800. The van der Waals surface area contributed by atoms with Crippen molar-refractivity contribution in [2.24, 2.45) is 5.92 Å². The minimum atomic E-state index is 0.632. The highest BCUT2D eigenvalue weighted by molar-refractivity contribution is 7.11. The summed E-state index contributed by atoms with van der Waals surface area (Å²) in [5.74, 6) is 0.687. The van der Waals surface area contributed by atoms with Crippen molar-refractivity contribution in [3.05, 3.63) is 15.6 Å². The lowest BCUT2D eigenvalue weighted by molar-refractivity contribution is 0.0899. The van der Waals surface area contributed by atoms with Crippen molar-refractivity contribution in [2.45, 2.75) is 59.7 Å². The van der Waals surface area contributed by atoms with Gasteiger partial charge in [0.25, 0.3) is 0 Å². The number of aryl methyl sites for hydroxylation is 2. The average Bonchev–Trinajstić information content (AvgIpc) is 2.67. The van der Waals surface area contributed by atoms with Crippen LogP contribution in [0.25, 0.3) is 0 Å². The van der Waals surface area contributed by atoms with E-state index in [1.165, 1.54) is 22.0 Å². The van der Waals surface area contributed by atoms with Gasteiger partial charge in [-0.15, -0.1) is 11.3 Å². The van der Waals surface area contributed by atoms with E-state index in [0.29, 0.717) is 18.0 Å². The molecule has 0 aromatic carbocycles. The van der Waals surface area contributed by atoms with Gasteiger partial charge in [-0.1, -0.05) is 20.8 Å². The number of nitrogens with one attached hydrogen (secondary N) is 1. The van der Waals surface area contributed by atoms with E-state index in [0.717, 1.165) is 19.6 Å². The van der Waals surface area contributed by atoms with Crippen LogP contribution in [-0.4, -0.2) is 35.1 Å². The van der Waals surface area contributed by atoms with Crippen LogP contribution in [0.4, 0.5) is 0 Å². The number of thiazole rings is 1. The third kappa shape index (κ3) is 3.56. The summed E-state index contributed by atoms with van der Waals surface area (Å²) in [7, 11) is 0. The predicted molar refractivity (Wildman–Crippen MR) is 82.7 cm³/mol. The minimum absolute atomic E-state index is 0.632. The van der Waals surface area contributed by atoms with Crippen LogP contribution < -0.4 is 5.32 Å². The molecule has 0 bridgehead atoms. The molecule has 1 N–H and O–H groups in total. The van der Waals surface area contributed by atoms with Crippen molar-refractivity contribution >= 4 is 11.3 Å². The van der Waals surface area contributed by atoms with Gasteiger partial charge < -0.3 is 5.32 Å². The van der Waals surface area contributed by atoms with Gasteiger partial charge in [0.15, 0.2) is 0 Å². The molecule has 0 saturated carbocycles. The molecule has 0 aliphatic carbocycles. The molecule has 1 aliphatic rings. The maximum Gasteiger partial charge on any atom is 0.107 e. The number of piperazine rings is 1. The highest BCUT2D eigenvalue weighted by Gasteiger charge is 2.29. The van der Waals surface area contributed by atoms with E-state index in [9.17, 15) is 0 Å². The SMILES string of the molecule is CCC1CN(Cc2nc(C)c(C)s2)C(C(C)C)CN1. The topological polar surface area (TPSA) is 28.2 Å². The monoisotopic (exact) mass is 281 g/mol. The zero-order valence-electron chi connectivity index (χ0n) is 12.9. The number of aromatic nitrogens is 1. The Morgan fingerprint density at radius 2 is 2.16 bits per heavy atom. The molecule has 19 heavy (non-hydrogen) atoms. The van der Waals surface area contributed by atoms with Crippen LogP contribution >= 0.6 is 11.3 Å². The minimum Gasteiger partial charge on any atom is -0.311 e. The molecule has 0 spiro atoms. The van der Waals surface area contributed by atoms with Crippen molar-refractivity contribution in [3.8, 4) is 0 Å². The summed E-state index contributed by atoms with van der Waals surface area (Å²) >= 11 is 1.86. The van der Waals surface area contributed by atoms with Crippen molar-refractivity contribution in [1.29, 1.82) is 0 Å². The maximum absolute atomic E-state index is 4.71. The molecule has 1 aromatic rings. The van der Waals surface area contributed by atoms with Gasteiger partial charge in [-0.25, -0.2) is 4.98 Å². The second-order valence-electron chi connectivity index (χ2n) is 6.00. The standard InChI is InChI=1S/C15H27N3S/c1-6-13-8-18(14(7-16-13)10(2)3)9-15-17-11(4)12(5)19-15/h10,13-14,16H,6-9H2,1-5H3. The second kappa shape index (κ2) is 6.33. The van der Waals surface area contributed by atoms with Gasteiger partial charge in [0.05, 0.1) is 12.2 Å². The zero-order chi connectivity index (χ0) is 14.0. The summed E-state index contributed by atoms with van der Waals surface area (Å²) in [6.45, 7) is 14.5. The first kappa shape index (κ1) is 14.9. The smallest absolute Gasteiger partial charge is 0.107 e. The number of rotatable bonds is 4. The van der Waals surface area contributed by atoms with E-state index in [-0.39, 0.29) is 0 Å². The van der Waals surface area contributed by atoms with E-state index in [2.05, 4.69) is 44.8 Å². The molecule has 108 valence electrons. The van der Waals surface area contributed by atoms with Crippen molar-refractivity contribution in [3.63, 3.8) is 0 Å². The van der Waals surface area contributed by atoms with Crippen LogP contribution in [0.5, 0.6) is 0 Å². The van der Waals surface area contributed by atoms with Crippen molar-refractivity contribution in [2.75, 3.05) is 13.1 Å². The van der Waals surface area contributed by atoms with E-state index in [1.807, 2.05) is 11.3 Å². The lowest BCUT2D eigenvalue weighted by atomic mass is 9.98. The van der Waals surface area contributed by atoms with Gasteiger partial charge in [-0.05, 0) is 26.2 Å². The quantitative estimate of drug-likeness (QED) is 0.919. The molecule has 1 aromatic heterocycles. The highest BCUT2D eigenvalue weighted by atomic mass is 32.1. The van der Waals surface area contributed by atoms with Gasteiger partial charge in [0.2, 0.25) is 0 Å². The van der Waals surface area contributed by atoms with Crippen LogP contribution in [-0.2, 0) is 6.54 Å². The first-order valence-electron chi connectivity index (χ1n) is 7.41. The maximum atomic E-state index is 4.71. The highest BCUT2D eigenvalue weighted by Crippen LogP contribution is 2.23. The first-order chi connectivity index (χ1) is 9.01. The molecule has 1 fully saturated rings. The van der Waals surface area contributed by atoms with Crippen LogP contribution in [0, 0.1) is 19.8 Å². The molecule has 1 aliphatic heterocycles. The molecule has 2 unspecified atom stereocenters. The zero-order valence-corrected chi connectivity index (χ0v) is 13.7. The van der Waals surface area contributed by atoms with Crippen LogP contribution in [0.15, 0.2) is 0 Å². The summed E-state index contributed by atoms with van der Waals surface area (Å²) in [4.78, 5) is 8.70. The first-order valence-corrected chi connectivity index (χ1v) is 8.23. The lowest BCUT2D eigenvalue weighted by Gasteiger charge is -2.42. The molecule has 1 saturated heterocycles. The average molecular weight is 281 g/mol. The van der Waals surface area contributed by atoms with Gasteiger partial charge >= 0.3 is 0 Å². The predicted octanol–water partition coefficient (Wildman–Crippen LogP) is 2.97. The Morgan fingerprint density at radius 1 is 1.42 bits per heavy atom. The fourth-order valence-electron chi connectivity index (χ4n) is 2.79. The van der Waals surface area contributed by atoms with Gasteiger partial charge in [-0.2, -0.15) is 0 Å².